The molecule has 1 atom stereocenters. The van der Waals surface area contributed by atoms with E-state index in [4.69, 9.17) is 11.5 Å². The lowest BCUT2D eigenvalue weighted by Crippen LogP contribution is -2.46. The maximum Gasteiger partial charge on any atom is 0.317 e. The molecule has 1 unspecified atom stereocenters. The molecule has 0 aromatic rings. The second kappa shape index (κ2) is 7.06. The first kappa shape index (κ1) is 16.2. The van der Waals surface area contributed by atoms with Crippen molar-refractivity contribution in [2.24, 2.45) is 0 Å². The fourth-order valence-electron chi connectivity index (χ4n) is 2.52. The zero-order chi connectivity index (χ0) is 15.3. The third-order valence-electron chi connectivity index (χ3n) is 3.54. The van der Waals surface area contributed by atoms with Gasteiger partial charge in [-0.05, 0) is 12.8 Å². The van der Waals surface area contributed by atoms with Crippen molar-refractivity contribution < 1.29 is 19.5 Å². The zero-order valence-corrected chi connectivity index (χ0v) is 11.8. The number of hydrogen-bond acceptors (Lipinski definition) is 4. The van der Waals surface area contributed by atoms with Gasteiger partial charge in [-0.1, -0.05) is 19.8 Å². The number of aliphatic carboxylic acids is 1. The molecule has 0 aromatic heterocycles. The Morgan fingerprint density at radius 2 is 2.10 bits per heavy atom. The van der Waals surface area contributed by atoms with E-state index in [1.165, 1.54) is 9.80 Å². The quantitative estimate of drug-likeness (QED) is 0.537. The molecule has 1 N–H and O–H groups in total. The van der Waals surface area contributed by atoms with E-state index in [0.717, 1.165) is 0 Å². The summed E-state index contributed by atoms with van der Waals surface area (Å²) in [5.74, 6) is 0.688. The largest absolute Gasteiger partial charge is 0.480 e. The molecule has 1 heterocycles. The molecule has 110 valence electrons. The standard InChI is InChI=1S/C14H20N2O4/c1-4-7-15(9-13(18)19)11-8-12(17)16(14(11)20)10(5-2)6-3/h1,10-11H,5-9H2,2-3H3,(H,18,19). The number of carboxylic acid groups (broad SMARTS) is 1. The first-order chi connectivity index (χ1) is 9.46. The number of rotatable bonds is 7. The van der Waals surface area contributed by atoms with Crippen LogP contribution in [0.15, 0.2) is 0 Å². The molecule has 1 aliphatic rings. The van der Waals surface area contributed by atoms with E-state index in [1.807, 2.05) is 13.8 Å². The Labute approximate surface area is 118 Å². The second-order valence-corrected chi connectivity index (χ2v) is 4.80. The van der Waals surface area contributed by atoms with Crippen molar-refractivity contribution in [1.82, 2.24) is 9.80 Å². The molecule has 1 rings (SSSR count). The van der Waals surface area contributed by atoms with Crippen molar-refractivity contribution in [2.45, 2.75) is 45.2 Å². The lowest BCUT2D eigenvalue weighted by Gasteiger charge is -2.27. The van der Waals surface area contributed by atoms with Gasteiger partial charge < -0.3 is 5.11 Å². The number of hydrogen-bond donors (Lipinski definition) is 1. The van der Waals surface area contributed by atoms with Crippen molar-refractivity contribution in [3.8, 4) is 12.3 Å². The number of carboxylic acids is 1. The van der Waals surface area contributed by atoms with Gasteiger partial charge in [0.25, 0.3) is 0 Å². The molecule has 1 aliphatic heterocycles. The van der Waals surface area contributed by atoms with Gasteiger partial charge in [0, 0.05) is 6.04 Å². The minimum atomic E-state index is -1.07. The Balaban J connectivity index is 2.92. The minimum absolute atomic E-state index is 0.00426. The molecule has 0 aromatic carbocycles. The van der Waals surface area contributed by atoms with E-state index in [1.54, 1.807) is 0 Å². The highest BCUT2D eigenvalue weighted by atomic mass is 16.4. The van der Waals surface area contributed by atoms with Crippen LogP contribution in [0, 0.1) is 12.3 Å². The van der Waals surface area contributed by atoms with E-state index in [-0.39, 0.29) is 37.4 Å². The molecule has 0 bridgehead atoms. The number of nitrogens with zero attached hydrogens (tertiary/aromatic N) is 2. The third kappa shape index (κ3) is 3.36. The van der Waals surface area contributed by atoms with Crippen LogP contribution in [0.4, 0.5) is 0 Å². The molecular formula is C14H20N2O4. The summed E-state index contributed by atoms with van der Waals surface area (Å²) >= 11 is 0. The fraction of sp³-hybridized carbons (Fsp3) is 0.643. The first-order valence-electron chi connectivity index (χ1n) is 6.71. The lowest BCUT2D eigenvalue weighted by atomic mass is 10.1. The second-order valence-electron chi connectivity index (χ2n) is 4.80. The average molecular weight is 280 g/mol. The summed E-state index contributed by atoms with van der Waals surface area (Å²) in [5.41, 5.74) is 0. The summed E-state index contributed by atoms with van der Waals surface area (Å²) in [6, 6.07) is -0.882. The molecule has 0 saturated carbocycles. The molecule has 0 spiro atoms. The van der Waals surface area contributed by atoms with E-state index >= 15 is 0 Å². The van der Waals surface area contributed by atoms with Crippen LogP contribution in [0.1, 0.15) is 33.1 Å². The normalized spacial score (nSPS) is 18.9. The third-order valence-corrected chi connectivity index (χ3v) is 3.54. The zero-order valence-electron chi connectivity index (χ0n) is 11.8. The molecule has 0 aliphatic carbocycles. The molecule has 6 nitrogen and oxygen atoms in total. The molecule has 0 radical (unpaired) electrons. The van der Waals surface area contributed by atoms with Crippen LogP contribution in [0.3, 0.4) is 0 Å². The Bertz CT molecular complexity index is 437. The van der Waals surface area contributed by atoms with Gasteiger partial charge in [0.05, 0.1) is 25.6 Å². The summed E-state index contributed by atoms with van der Waals surface area (Å²) in [4.78, 5) is 37.9. The Morgan fingerprint density at radius 3 is 2.55 bits per heavy atom. The Hall–Kier alpha value is -1.87. The summed E-state index contributed by atoms with van der Waals surface area (Å²) < 4.78 is 0. The number of terminal acetylenes is 1. The summed E-state index contributed by atoms with van der Waals surface area (Å²) in [6.07, 6.45) is 6.59. The van der Waals surface area contributed by atoms with Crippen LogP contribution in [0.2, 0.25) is 0 Å². The van der Waals surface area contributed by atoms with Crippen LogP contribution in [0.5, 0.6) is 0 Å². The number of likely N-dealkylation sites (tertiary alicyclic amines) is 1. The smallest absolute Gasteiger partial charge is 0.317 e. The fourth-order valence-corrected chi connectivity index (χ4v) is 2.52. The number of carbonyl (C=O) groups excluding carboxylic acids is 2. The van der Waals surface area contributed by atoms with E-state index < -0.39 is 12.0 Å². The molecule has 2 amide bonds. The van der Waals surface area contributed by atoms with Crippen molar-refractivity contribution in [2.75, 3.05) is 13.1 Å². The molecule has 1 fully saturated rings. The van der Waals surface area contributed by atoms with Gasteiger partial charge in [-0.15, -0.1) is 6.42 Å². The van der Waals surface area contributed by atoms with Gasteiger partial charge in [-0.3, -0.25) is 24.2 Å². The number of carbonyl (C=O) groups is 3. The Kier molecular flexibility index (Phi) is 5.71. The lowest BCUT2D eigenvalue weighted by molar-refractivity contribution is -0.143. The maximum atomic E-state index is 12.4. The molecule has 20 heavy (non-hydrogen) atoms. The van der Waals surface area contributed by atoms with Crippen LogP contribution in [-0.4, -0.2) is 57.9 Å². The summed E-state index contributed by atoms with van der Waals surface area (Å²) in [5, 5.41) is 8.87. The number of imide groups is 1. The maximum absolute atomic E-state index is 12.4. The average Bonchev–Trinajstić information content (AvgIpc) is 2.67. The number of amides is 2. The topological polar surface area (TPSA) is 77.9 Å². The minimum Gasteiger partial charge on any atom is -0.480 e. The van der Waals surface area contributed by atoms with Crippen molar-refractivity contribution in [1.29, 1.82) is 0 Å². The van der Waals surface area contributed by atoms with Gasteiger partial charge >= 0.3 is 5.97 Å². The predicted octanol–water partition coefficient (Wildman–Crippen LogP) is 0.322. The van der Waals surface area contributed by atoms with Crippen molar-refractivity contribution >= 4 is 17.8 Å². The van der Waals surface area contributed by atoms with Crippen LogP contribution < -0.4 is 0 Å². The highest BCUT2D eigenvalue weighted by molar-refractivity contribution is 6.06. The van der Waals surface area contributed by atoms with Crippen molar-refractivity contribution in [3.63, 3.8) is 0 Å². The van der Waals surface area contributed by atoms with Gasteiger partial charge in [0.15, 0.2) is 0 Å². The van der Waals surface area contributed by atoms with Crippen molar-refractivity contribution in [3.05, 3.63) is 0 Å². The van der Waals surface area contributed by atoms with Gasteiger partial charge in [-0.2, -0.15) is 0 Å². The van der Waals surface area contributed by atoms with Crippen LogP contribution in [0.25, 0.3) is 0 Å². The predicted molar refractivity (Wildman–Crippen MR) is 72.7 cm³/mol. The first-order valence-corrected chi connectivity index (χ1v) is 6.71. The Morgan fingerprint density at radius 1 is 1.50 bits per heavy atom. The SMILES string of the molecule is C#CCN(CC(=O)O)C1CC(=O)N(C(CC)CC)C1=O. The summed E-state index contributed by atoms with van der Waals surface area (Å²) in [6.45, 7) is 3.52. The van der Waals surface area contributed by atoms with E-state index in [0.29, 0.717) is 12.8 Å². The molecular weight excluding hydrogens is 260 g/mol. The van der Waals surface area contributed by atoms with Gasteiger partial charge in [-0.25, -0.2) is 0 Å². The highest BCUT2D eigenvalue weighted by Crippen LogP contribution is 2.23. The molecule has 1 saturated heterocycles. The summed E-state index contributed by atoms with van der Waals surface area (Å²) in [7, 11) is 0. The highest BCUT2D eigenvalue weighted by Gasteiger charge is 2.44. The van der Waals surface area contributed by atoms with Gasteiger partial charge in [0.1, 0.15) is 0 Å². The van der Waals surface area contributed by atoms with Gasteiger partial charge in [0.2, 0.25) is 11.8 Å². The van der Waals surface area contributed by atoms with Crippen LogP contribution >= 0.6 is 0 Å². The van der Waals surface area contributed by atoms with Crippen LogP contribution in [-0.2, 0) is 14.4 Å². The van der Waals surface area contributed by atoms with E-state index in [9.17, 15) is 14.4 Å². The molecule has 6 heteroatoms. The monoisotopic (exact) mass is 280 g/mol. The van der Waals surface area contributed by atoms with E-state index in [2.05, 4.69) is 5.92 Å².